The fourth-order valence-electron chi connectivity index (χ4n) is 2.34. The van der Waals surface area contributed by atoms with Crippen molar-refractivity contribution in [2.45, 2.75) is 38.1 Å². The number of aryl methyl sites for hydroxylation is 2. The SMILES string of the molecule is Cc1cccc(NS(=O)(=O)c2ccc(C)c(C(=O)NCC(C)(C)N)c2)c1. The first-order chi connectivity index (χ1) is 12.0. The quantitative estimate of drug-likeness (QED) is 0.722. The maximum atomic E-state index is 12.7. The number of hydrogen-bond donors (Lipinski definition) is 3. The Labute approximate surface area is 154 Å². The molecule has 0 atom stereocenters. The lowest BCUT2D eigenvalue weighted by Gasteiger charge is -2.19. The Morgan fingerprint density at radius 1 is 1.12 bits per heavy atom. The van der Waals surface area contributed by atoms with Gasteiger partial charge in [0, 0.05) is 23.3 Å². The minimum atomic E-state index is -3.80. The zero-order valence-corrected chi connectivity index (χ0v) is 16.3. The molecule has 0 aliphatic carbocycles. The minimum Gasteiger partial charge on any atom is -0.350 e. The molecule has 2 rings (SSSR count). The molecule has 6 nitrogen and oxygen atoms in total. The van der Waals surface area contributed by atoms with Crippen LogP contribution in [0.2, 0.25) is 0 Å². The summed E-state index contributed by atoms with van der Waals surface area (Å²) in [6.07, 6.45) is 0. The van der Waals surface area contributed by atoms with Gasteiger partial charge in [0.2, 0.25) is 0 Å². The minimum absolute atomic E-state index is 0.0294. The summed E-state index contributed by atoms with van der Waals surface area (Å²) in [5.41, 5.74) is 7.73. The number of nitrogens with one attached hydrogen (secondary N) is 2. The van der Waals surface area contributed by atoms with Crippen LogP contribution in [-0.2, 0) is 10.0 Å². The Bertz CT molecular complexity index is 916. The molecule has 0 saturated heterocycles. The van der Waals surface area contributed by atoms with E-state index in [0.29, 0.717) is 16.8 Å². The van der Waals surface area contributed by atoms with Crippen LogP contribution in [0.15, 0.2) is 47.4 Å². The van der Waals surface area contributed by atoms with Crippen LogP contribution in [0.3, 0.4) is 0 Å². The topological polar surface area (TPSA) is 101 Å². The molecule has 140 valence electrons. The van der Waals surface area contributed by atoms with E-state index in [9.17, 15) is 13.2 Å². The van der Waals surface area contributed by atoms with Gasteiger partial charge in [-0.25, -0.2) is 8.42 Å². The summed E-state index contributed by atoms with van der Waals surface area (Å²) in [4.78, 5) is 12.4. The van der Waals surface area contributed by atoms with Crippen molar-refractivity contribution in [2.24, 2.45) is 5.73 Å². The van der Waals surface area contributed by atoms with Gasteiger partial charge in [0.25, 0.3) is 15.9 Å². The molecule has 4 N–H and O–H groups in total. The normalized spacial score (nSPS) is 11.9. The molecule has 0 aliphatic heterocycles. The zero-order chi connectivity index (χ0) is 19.5. The lowest BCUT2D eigenvalue weighted by Crippen LogP contribution is -2.45. The first-order valence-electron chi connectivity index (χ1n) is 8.25. The van der Waals surface area contributed by atoms with Gasteiger partial charge in [-0.1, -0.05) is 18.2 Å². The number of rotatable bonds is 6. The first kappa shape index (κ1) is 19.9. The predicted molar refractivity (Wildman–Crippen MR) is 104 cm³/mol. The number of benzene rings is 2. The summed E-state index contributed by atoms with van der Waals surface area (Å²) in [6, 6.07) is 11.6. The first-order valence-corrected chi connectivity index (χ1v) is 9.73. The summed E-state index contributed by atoms with van der Waals surface area (Å²) < 4.78 is 27.8. The molecule has 0 unspecified atom stereocenters. The van der Waals surface area contributed by atoms with Crippen LogP contribution in [0.5, 0.6) is 0 Å². The number of carbonyl (C=O) groups excluding carboxylic acids is 1. The van der Waals surface area contributed by atoms with Gasteiger partial charge in [-0.15, -0.1) is 0 Å². The summed E-state index contributed by atoms with van der Waals surface area (Å²) in [5.74, 6) is -0.353. The van der Waals surface area contributed by atoms with Crippen LogP contribution >= 0.6 is 0 Å². The summed E-state index contributed by atoms with van der Waals surface area (Å²) in [5, 5.41) is 2.74. The lowest BCUT2D eigenvalue weighted by molar-refractivity contribution is 0.0945. The molecular formula is C19H25N3O3S. The molecule has 0 heterocycles. The number of sulfonamides is 1. The molecular weight excluding hydrogens is 350 g/mol. The molecule has 2 aromatic rings. The maximum Gasteiger partial charge on any atom is 0.261 e. The van der Waals surface area contributed by atoms with Crippen molar-refractivity contribution in [3.8, 4) is 0 Å². The van der Waals surface area contributed by atoms with Crippen molar-refractivity contribution >= 4 is 21.6 Å². The lowest BCUT2D eigenvalue weighted by atomic mass is 10.1. The number of hydrogen-bond acceptors (Lipinski definition) is 4. The second kappa shape index (κ2) is 7.47. The van der Waals surface area contributed by atoms with E-state index in [0.717, 1.165) is 5.56 Å². The molecule has 7 heteroatoms. The molecule has 0 fully saturated rings. The molecule has 0 spiro atoms. The van der Waals surface area contributed by atoms with E-state index in [4.69, 9.17) is 5.73 Å². The van der Waals surface area contributed by atoms with Crippen molar-refractivity contribution < 1.29 is 13.2 Å². The predicted octanol–water partition coefficient (Wildman–Crippen LogP) is 2.57. The van der Waals surface area contributed by atoms with Gasteiger partial charge in [-0.2, -0.15) is 0 Å². The smallest absolute Gasteiger partial charge is 0.261 e. The van der Waals surface area contributed by atoms with Crippen LogP contribution in [-0.4, -0.2) is 26.4 Å². The second-order valence-electron chi connectivity index (χ2n) is 7.12. The highest BCUT2D eigenvalue weighted by Gasteiger charge is 2.19. The summed E-state index contributed by atoms with van der Waals surface area (Å²) in [6.45, 7) is 7.52. The van der Waals surface area contributed by atoms with Gasteiger partial charge in [-0.3, -0.25) is 9.52 Å². The largest absolute Gasteiger partial charge is 0.350 e. The Morgan fingerprint density at radius 2 is 1.81 bits per heavy atom. The van der Waals surface area contributed by atoms with E-state index >= 15 is 0 Å². The monoisotopic (exact) mass is 375 g/mol. The average molecular weight is 375 g/mol. The van der Waals surface area contributed by atoms with Crippen molar-refractivity contribution in [3.63, 3.8) is 0 Å². The summed E-state index contributed by atoms with van der Waals surface area (Å²) >= 11 is 0. The van der Waals surface area contributed by atoms with Crippen molar-refractivity contribution in [2.75, 3.05) is 11.3 Å². The Kier molecular flexibility index (Phi) is 5.73. The highest BCUT2D eigenvalue weighted by Crippen LogP contribution is 2.20. The number of anilines is 1. The molecule has 1 amide bonds. The highest BCUT2D eigenvalue weighted by atomic mass is 32.2. The van der Waals surface area contributed by atoms with Crippen LogP contribution in [0, 0.1) is 13.8 Å². The number of carbonyl (C=O) groups is 1. The second-order valence-corrected chi connectivity index (χ2v) is 8.81. The zero-order valence-electron chi connectivity index (χ0n) is 15.5. The molecule has 0 aliphatic rings. The van der Waals surface area contributed by atoms with Crippen LogP contribution in [0.4, 0.5) is 5.69 Å². The van der Waals surface area contributed by atoms with E-state index in [2.05, 4.69) is 10.0 Å². The van der Waals surface area contributed by atoms with Crippen LogP contribution in [0.25, 0.3) is 0 Å². The third-order valence-electron chi connectivity index (χ3n) is 3.74. The Hall–Kier alpha value is -2.38. The van der Waals surface area contributed by atoms with Crippen molar-refractivity contribution in [3.05, 3.63) is 59.2 Å². The van der Waals surface area contributed by atoms with Crippen LogP contribution < -0.4 is 15.8 Å². The number of amides is 1. The van der Waals surface area contributed by atoms with Gasteiger partial charge in [0.1, 0.15) is 0 Å². The van der Waals surface area contributed by atoms with E-state index in [1.165, 1.54) is 12.1 Å². The molecule has 0 saturated carbocycles. The fourth-order valence-corrected chi connectivity index (χ4v) is 3.41. The van der Waals surface area contributed by atoms with Gasteiger partial charge < -0.3 is 11.1 Å². The average Bonchev–Trinajstić information content (AvgIpc) is 2.51. The Morgan fingerprint density at radius 3 is 2.42 bits per heavy atom. The van der Waals surface area contributed by atoms with Gasteiger partial charge in [-0.05, 0) is 63.1 Å². The number of nitrogens with two attached hydrogens (primary N) is 1. The van der Waals surface area contributed by atoms with Gasteiger partial charge in [0.05, 0.1) is 4.90 Å². The highest BCUT2D eigenvalue weighted by molar-refractivity contribution is 7.92. The Balaban J connectivity index is 2.28. The van der Waals surface area contributed by atoms with Crippen molar-refractivity contribution in [1.82, 2.24) is 5.32 Å². The molecule has 0 aromatic heterocycles. The molecule has 0 radical (unpaired) electrons. The van der Waals surface area contributed by atoms with E-state index in [1.807, 2.05) is 13.0 Å². The third kappa shape index (κ3) is 5.31. The standard InChI is InChI=1S/C19H25N3O3S/c1-13-6-5-7-15(10-13)22-26(24,25)16-9-8-14(2)17(11-16)18(23)21-12-19(3,4)20/h5-11,22H,12,20H2,1-4H3,(H,21,23). The van der Waals surface area contributed by atoms with Gasteiger partial charge in [0.15, 0.2) is 0 Å². The van der Waals surface area contributed by atoms with E-state index in [-0.39, 0.29) is 17.3 Å². The molecule has 2 aromatic carbocycles. The summed E-state index contributed by atoms with van der Waals surface area (Å²) in [7, 11) is -3.80. The van der Waals surface area contributed by atoms with Crippen LogP contribution in [0.1, 0.15) is 35.3 Å². The molecule has 26 heavy (non-hydrogen) atoms. The van der Waals surface area contributed by atoms with E-state index < -0.39 is 15.6 Å². The van der Waals surface area contributed by atoms with E-state index in [1.54, 1.807) is 45.0 Å². The third-order valence-corrected chi connectivity index (χ3v) is 5.12. The van der Waals surface area contributed by atoms with Gasteiger partial charge >= 0.3 is 0 Å². The fraction of sp³-hybridized carbons (Fsp3) is 0.316. The van der Waals surface area contributed by atoms with Crippen molar-refractivity contribution in [1.29, 1.82) is 0 Å². The molecule has 0 bridgehead atoms. The maximum absolute atomic E-state index is 12.7.